The van der Waals surface area contributed by atoms with Gasteiger partial charge in [-0.1, -0.05) is 91.0 Å². The summed E-state index contributed by atoms with van der Waals surface area (Å²) in [6.45, 7) is 4.76. The van der Waals surface area contributed by atoms with Gasteiger partial charge in [0.15, 0.2) is 5.82 Å². The zero-order valence-electron chi connectivity index (χ0n) is 25.2. The van der Waals surface area contributed by atoms with Crippen molar-refractivity contribution in [2.45, 2.75) is 25.8 Å². The van der Waals surface area contributed by atoms with Gasteiger partial charge in [-0.15, -0.1) is 0 Å². The Balaban J connectivity index is 1.42. The number of amides is 2. The van der Waals surface area contributed by atoms with Gasteiger partial charge in [-0.25, -0.2) is 14.8 Å². The molecule has 1 unspecified atom stereocenters. The van der Waals surface area contributed by atoms with Crippen LogP contribution in [0.2, 0.25) is 0 Å². The molecule has 0 saturated carbocycles. The molecule has 5 rings (SSSR count). The number of esters is 1. The molecule has 9 nitrogen and oxygen atoms in total. The van der Waals surface area contributed by atoms with E-state index in [1.807, 2.05) is 103 Å². The van der Waals surface area contributed by atoms with Crippen LogP contribution in [0.25, 0.3) is 11.4 Å². The number of hydrogen-bond acceptors (Lipinski definition) is 7. The van der Waals surface area contributed by atoms with Crippen LogP contribution in [0.4, 0.5) is 0 Å². The van der Waals surface area contributed by atoms with E-state index in [1.165, 1.54) is 7.11 Å². The minimum atomic E-state index is -0.682. The number of ether oxygens (including phenoxy) is 2. The smallest absolute Gasteiger partial charge is 0.342 e. The lowest BCUT2D eigenvalue weighted by atomic mass is 9.89. The van der Waals surface area contributed by atoms with Crippen molar-refractivity contribution >= 4 is 17.8 Å². The zero-order valence-corrected chi connectivity index (χ0v) is 25.2. The topological polar surface area (TPSA) is 102 Å². The Kier molecular flexibility index (Phi) is 9.76. The van der Waals surface area contributed by atoms with Gasteiger partial charge < -0.3 is 19.3 Å². The van der Waals surface area contributed by atoms with Gasteiger partial charge in [0.1, 0.15) is 17.9 Å². The highest BCUT2D eigenvalue weighted by Crippen LogP contribution is 2.29. The van der Waals surface area contributed by atoms with Crippen LogP contribution in [0.3, 0.4) is 0 Å². The fourth-order valence-electron chi connectivity index (χ4n) is 5.53. The Morgan fingerprint density at radius 3 is 2.00 bits per heavy atom. The van der Waals surface area contributed by atoms with E-state index in [1.54, 1.807) is 11.8 Å². The van der Waals surface area contributed by atoms with Crippen molar-refractivity contribution in [1.29, 1.82) is 0 Å². The molecular weight excluding hydrogens is 556 g/mol. The number of hydrogen-bond donors (Lipinski definition) is 0. The minimum Gasteiger partial charge on any atom is -0.460 e. The van der Waals surface area contributed by atoms with E-state index >= 15 is 0 Å². The van der Waals surface area contributed by atoms with Gasteiger partial charge in [0.05, 0.1) is 18.2 Å². The molecule has 3 aromatic carbocycles. The molecule has 4 aromatic rings. The number of rotatable bonds is 9. The molecule has 1 atom stereocenters. The van der Waals surface area contributed by atoms with E-state index in [0.29, 0.717) is 18.1 Å². The molecule has 1 aliphatic rings. The molecular formula is C35H36N4O5. The summed E-state index contributed by atoms with van der Waals surface area (Å²) in [6, 6.07) is 28.5. The zero-order chi connectivity index (χ0) is 31.1. The van der Waals surface area contributed by atoms with Crippen LogP contribution in [0.15, 0.2) is 91.0 Å². The fraction of sp³-hybridized carbons (Fsp3) is 0.286. The molecule has 9 heteroatoms. The predicted octanol–water partition coefficient (Wildman–Crippen LogP) is 4.76. The summed E-state index contributed by atoms with van der Waals surface area (Å²) in [7, 11) is 1.51. The number of carbonyl (C=O) groups excluding carboxylic acids is 3. The highest BCUT2D eigenvalue weighted by atomic mass is 16.6. The van der Waals surface area contributed by atoms with Gasteiger partial charge in [-0.3, -0.25) is 9.59 Å². The molecule has 2 amide bonds. The normalized spacial score (nSPS) is 14.9. The molecule has 226 valence electrons. The van der Waals surface area contributed by atoms with E-state index in [2.05, 4.69) is 9.97 Å². The fourth-order valence-corrected chi connectivity index (χ4v) is 5.53. The lowest BCUT2D eigenvalue weighted by Crippen LogP contribution is -2.56. The average Bonchev–Trinajstić information content (AvgIpc) is 3.05. The first-order valence-corrected chi connectivity index (χ1v) is 14.7. The van der Waals surface area contributed by atoms with Crippen molar-refractivity contribution in [3.8, 4) is 11.4 Å². The molecule has 1 aliphatic heterocycles. The molecule has 44 heavy (non-hydrogen) atoms. The van der Waals surface area contributed by atoms with Crippen molar-refractivity contribution < 1.29 is 23.9 Å². The van der Waals surface area contributed by atoms with Crippen LogP contribution in [-0.2, 0) is 14.3 Å². The SMILES string of the molecule is COCCOC(=O)c1c(C)nc(-c2ccccc2)nc1C(=O)N1CCN(C(=O)C(c2ccccc2)c2ccccc2)C(C)C1. The van der Waals surface area contributed by atoms with Gasteiger partial charge in [0.25, 0.3) is 5.91 Å². The number of benzene rings is 3. The summed E-state index contributed by atoms with van der Waals surface area (Å²) < 4.78 is 10.4. The van der Waals surface area contributed by atoms with Gasteiger partial charge >= 0.3 is 5.97 Å². The molecule has 0 bridgehead atoms. The average molecular weight is 593 g/mol. The van der Waals surface area contributed by atoms with Gasteiger partial charge in [0, 0.05) is 38.3 Å². The standard InChI is InChI=1S/C35H36N4O5/c1-24-23-38(19-20-39(24)33(40)30(26-13-7-4-8-14-26)27-15-9-5-10-16-27)34(41)31-29(35(42)44-22-21-43-3)25(2)36-32(37-31)28-17-11-6-12-18-28/h4-18,24,30H,19-23H2,1-3H3. The van der Waals surface area contributed by atoms with Crippen LogP contribution in [0.1, 0.15) is 50.5 Å². The molecule has 0 radical (unpaired) electrons. The van der Waals surface area contributed by atoms with Gasteiger partial charge in [-0.2, -0.15) is 0 Å². The Morgan fingerprint density at radius 1 is 0.841 bits per heavy atom. The maximum absolute atomic E-state index is 14.1. The third-order valence-corrected chi connectivity index (χ3v) is 7.76. The van der Waals surface area contributed by atoms with Crippen LogP contribution in [0, 0.1) is 6.92 Å². The second-order valence-electron chi connectivity index (χ2n) is 10.7. The third-order valence-electron chi connectivity index (χ3n) is 7.76. The summed E-state index contributed by atoms with van der Waals surface area (Å²) in [5.41, 5.74) is 2.91. The molecule has 0 N–H and O–H groups in total. The van der Waals surface area contributed by atoms with E-state index in [-0.39, 0.29) is 49.5 Å². The Bertz CT molecular complexity index is 1560. The van der Waals surface area contributed by atoms with Crippen molar-refractivity contribution in [2.24, 2.45) is 0 Å². The summed E-state index contributed by atoms with van der Waals surface area (Å²) in [6.07, 6.45) is 0. The molecule has 2 heterocycles. The molecule has 0 aliphatic carbocycles. The van der Waals surface area contributed by atoms with Crippen LogP contribution >= 0.6 is 0 Å². The maximum Gasteiger partial charge on any atom is 0.342 e. The summed E-state index contributed by atoms with van der Waals surface area (Å²) >= 11 is 0. The van der Waals surface area contributed by atoms with E-state index in [0.717, 1.165) is 16.7 Å². The third kappa shape index (κ3) is 6.68. The molecule has 1 fully saturated rings. The predicted molar refractivity (Wildman–Crippen MR) is 166 cm³/mol. The number of aromatic nitrogens is 2. The van der Waals surface area contributed by atoms with Crippen LogP contribution < -0.4 is 0 Å². The molecule has 0 spiro atoms. The lowest BCUT2D eigenvalue weighted by molar-refractivity contribution is -0.136. The van der Waals surface area contributed by atoms with Crippen LogP contribution in [0.5, 0.6) is 0 Å². The largest absolute Gasteiger partial charge is 0.460 e. The highest BCUT2D eigenvalue weighted by Gasteiger charge is 2.37. The summed E-state index contributed by atoms with van der Waals surface area (Å²) in [4.78, 5) is 54.0. The highest BCUT2D eigenvalue weighted by molar-refractivity contribution is 6.05. The molecule has 1 saturated heterocycles. The van der Waals surface area contributed by atoms with E-state index in [4.69, 9.17) is 9.47 Å². The molecule has 1 aromatic heterocycles. The number of nitrogens with zero attached hydrogens (tertiary/aromatic N) is 4. The number of aryl methyl sites for hydroxylation is 1. The van der Waals surface area contributed by atoms with E-state index < -0.39 is 17.8 Å². The van der Waals surface area contributed by atoms with Crippen molar-refractivity contribution in [3.05, 3.63) is 119 Å². The van der Waals surface area contributed by atoms with Crippen molar-refractivity contribution in [3.63, 3.8) is 0 Å². The Hall–Kier alpha value is -4.89. The first-order chi connectivity index (χ1) is 21.4. The minimum absolute atomic E-state index is 0.0165. The number of methoxy groups -OCH3 is 1. The lowest BCUT2D eigenvalue weighted by Gasteiger charge is -2.41. The van der Waals surface area contributed by atoms with Crippen molar-refractivity contribution in [2.75, 3.05) is 40.0 Å². The summed E-state index contributed by atoms with van der Waals surface area (Å²) in [5.74, 6) is -1.23. The summed E-state index contributed by atoms with van der Waals surface area (Å²) in [5, 5.41) is 0. The maximum atomic E-state index is 14.1. The Morgan fingerprint density at radius 2 is 1.43 bits per heavy atom. The van der Waals surface area contributed by atoms with Crippen LogP contribution in [-0.4, -0.2) is 83.6 Å². The number of piperazine rings is 1. The van der Waals surface area contributed by atoms with Crippen molar-refractivity contribution in [1.82, 2.24) is 19.8 Å². The first kappa shape index (κ1) is 30.6. The first-order valence-electron chi connectivity index (χ1n) is 14.7. The second-order valence-corrected chi connectivity index (χ2v) is 10.7. The van der Waals surface area contributed by atoms with Gasteiger partial charge in [0.2, 0.25) is 5.91 Å². The quantitative estimate of drug-likeness (QED) is 0.204. The Labute approximate surface area is 257 Å². The second kappa shape index (κ2) is 14.1. The number of carbonyl (C=O) groups is 3. The van der Waals surface area contributed by atoms with Gasteiger partial charge in [-0.05, 0) is 25.0 Å². The monoisotopic (exact) mass is 592 g/mol. The van der Waals surface area contributed by atoms with E-state index in [9.17, 15) is 14.4 Å².